The summed E-state index contributed by atoms with van der Waals surface area (Å²) in [4.78, 5) is 15.3. The molecule has 5 nitrogen and oxygen atoms in total. The SMILES string of the molecule is CCN(Cc1cccs1)C(=O)c1cc(S(N)(=O)=O)ccc1Br. The smallest absolute Gasteiger partial charge is 0.255 e. The van der Waals surface area contributed by atoms with E-state index in [0.29, 0.717) is 17.6 Å². The molecule has 1 heterocycles. The maximum absolute atomic E-state index is 12.7. The summed E-state index contributed by atoms with van der Waals surface area (Å²) in [6.45, 7) is 2.88. The molecule has 1 aromatic carbocycles. The van der Waals surface area contributed by atoms with Gasteiger partial charge in [-0.1, -0.05) is 6.07 Å². The summed E-state index contributed by atoms with van der Waals surface area (Å²) in [7, 11) is -3.85. The van der Waals surface area contributed by atoms with Gasteiger partial charge in [0, 0.05) is 15.9 Å². The lowest BCUT2D eigenvalue weighted by Crippen LogP contribution is -2.30. The molecular weight excluding hydrogens is 388 g/mol. The highest BCUT2D eigenvalue weighted by Gasteiger charge is 2.20. The van der Waals surface area contributed by atoms with Crippen LogP contribution in [0.3, 0.4) is 0 Å². The third-order valence-corrected chi connectivity index (χ3v) is 5.56. The van der Waals surface area contributed by atoms with Crippen LogP contribution < -0.4 is 5.14 Å². The Balaban J connectivity index is 2.34. The first-order valence-corrected chi connectivity index (χ1v) is 9.69. The Morgan fingerprint density at radius 3 is 2.64 bits per heavy atom. The second-order valence-corrected chi connectivity index (χ2v) is 8.03. The lowest BCUT2D eigenvalue weighted by atomic mass is 10.2. The fourth-order valence-corrected chi connectivity index (χ4v) is 3.61. The minimum atomic E-state index is -3.85. The van der Waals surface area contributed by atoms with Crippen molar-refractivity contribution < 1.29 is 13.2 Å². The summed E-state index contributed by atoms with van der Waals surface area (Å²) in [6.07, 6.45) is 0. The average molecular weight is 403 g/mol. The van der Waals surface area contributed by atoms with Gasteiger partial charge in [0.25, 0.3) is 5.91 Å². The van der Waals surface area contributed by atoms with Crippen molar-refractivity contribution in [1.82, 2.24) is 4.90 Å². The molecule has 2 N–H and O–H groups in total. The molecule has 0 aliphatic rings. The van der Waals surface area contributed by atoms with Gasteiger partial charge >= 0.3 is 0 Å². The van der Waals surface area contributed by atoms with Crippen LogP contribution in [0.15, 0.2) is 45.1 Å². The number of carbonyl (C=O) groups is 1. The summed E-state index contributed by atoms with van der Waals surface area (Å²) >= 11 is 4.86. The number of nitrogens with zero attached hydrogens (tertiary/aromatic N) is 1. The number of hydrogen-bond acceptors (Lipinski definition) is 4. The van der Waals surface area contributed by atoms with Gasteiger partial charge in [-0.25, -0.2) is 13.6 Å². The molecule has 22 heavy (non-hydrogen) atoms. The van der Waals surface area contributed by atoms with Crippen LogP contribution in [-0.4, -0.2) is 25.8 Å². The number of primary sulfonamides is 1. The van der Waals surface area contributed by atoms with E-state index in [1.54, 1.807) is 16.2 Å². The molecule has 0 unspecified atom stereocenters. The first-order valence-electron chi connectivity index (χ1n) is 6.47. The Labute approximate surface area is 141 Å². The topological polar surface area (TPSA) is 80.5 Å². The highest BCUT2D eigenvalue weighted by atomic mass is 79.9. The fourth-order valence-electron chi connectivity index (χ4n) is 1.93. The molecule has 8 heteroatoms. The molecule has 2 aromatic rings. The zero-order chi connectivity index (χ0) is 16.3. The van der Waals surface area contributed by atoms with E-state index in [2.05, 4.69) is 15.9 Å². The van der Waals surface area contributed by atoms with Crippen LogP contribution >= 0.6 is 27.3 Å². The number of hydrogen-bond donors (Lipinski definition) is 1. The summed E-state index contributed by atoms with van der Waals surface area (Å²) in [6, 6.07) is 8.07. The molecule has 0 saturated heterocycles. The zero-order valence-corrected chi connectivity index (χ0v) is 15.0. The van der Waals surface area contributed by atoms with Crippen molar-refractivity contribution in [2.75, 3.05) is 6.54 Å². The Bertz CT molecular complexity index is 773. The lowest BCUT2D eigenvalue weighted by molar-refractivity contribution is 0.0753. The van der Waals surface area contributed by atoms with Crippen LogP contribution in [0.25, 0.3) is 0 Å². The second kappa shape index (κ2) is 6.91. The first kappa shape index (κ1) is 17.1. The Hall–Kier alpha value is -1.22. The maximum atomic E-state index is 12.7. The van der Waals surface area contributed by atoms with Gasteiger partial charge in [0.2, 0.25) is 10.0 Å². The molecular formula is C14H15BrN2O3S2. The van der Waals surface area contributed by atoms with Gasteiger partial charge in [-0.2, -0.15) is 0 Å². The highest BCUT2D eigenvalue weighted by molar-refractivity contribution is 9.10. The van der Waals surface area contributed by atoms with E-state index in [9.17, 15) is 13.2 Å². The Morgan fingerprint density at radius 2 is 2.09 bits per heavy atom. The van der Waals surface area contributed by atoms with Crippen LogP contribution in [0.5, 0.6) is 0 Å². The number of carbonyl (C=O) groups excluding carboxylic acids is 1. The Kier molecular flexibility index (Phi) is 5.38. The van der Waals surface area contributed by atoms with Crippen LogP contribution in [0, 0.1) is 0 Å². The number of halogens is 1. The number of amides is 1. The molecule has 0 radical (unpaired) electrons. The van der Waals surface area contributed by atoms with Crippen LogP contribution in [0.1, 0.15) is 22.2 Å². The molecule has 0 spiro atoms. The quantitative estimate of drug-likeness (QED) is 0.834. The van der Waals surface area contributed by atoms with Crippen molar-refractivity contribution in [3.05, 3.63) is 50.6 Å². The number of rotatable bonds is 5. The lowest BCUT2D eigenvalue weighted by Gasteiger charge is -2.21. The molecule has 2 rings (SSSR count). The average Bonchev–Trinajstić information content (AvgIpc) is 2.96. The van der Waals surface area contributed by atoms with Crippen molar-refractivity contribution in [2.45, 2.75) is 18.4 Å². The van der Waals surface area contributed by atoms with Gasteiger partial charge in [0.05, 0.1) is 17.0 Å². The highest BCUT2D eigenvalue weighted by Crippen LogP contribution is 2.23. The van der Waals surface area contributed by atoms with Crippen molar-refractivity contribution in [1.29, 1.82) is 0 Å². The minimum Gasteiger partial charge on any atom is -0.334 e. The monoisotopic (exact) mass is 402 g/mol. The molecule has 1 aromatic heterocycles. The number of thiophene rings is 1. The van der Waals surface area contributed by atoms with Crippen LogP contribution in [0.4, 0.5) is 0 Å². The molecule has 0 atom stereocenters. The minimum absolute atomic E-state index is 0.0776. The van der Waals surface area contributed by atoms with Crippen LogP contribution in [-0.2, 0) is 16.6 Å². The Morgan fingerprint density at radius 1 is 1.36 bits per heavy atom. The zero-order valence-electron chi connectivity index (χ0n) is 11.8. The standard InChI is InChI=1S/C14H15BrN2O3S2/c1-2-17(9-10-4-3-7-21-10)14(18)12-8-11(22(16,19)20)5-6-13(12)15/h3-8H,2,9H2,1H3,(H2,16,19,20). The predicted octanol–water partition coefficient (Wildman–Crippen LogP) is 2.82. The number of sulfonamides is 1. The van der Waals surface area contributed by atoms with E-state index in [4.69, 9.17) is 5.14 Å². The largest absolute Gasteiger partial charge is 0.334 e. The van der Waals surface area contributed by atoms with E-state index >= 15 is 0 Å². The summed E-state index contributed by atoms with van der Waals surface area (Å²) in [5.74, 6) is -0.242. The predicted molar refractivity (Wildman–Crippen MR) is 90.2 cm³/mol. The van der Waals surface area contributed by atoms with Crippen molar-refractivity contribution in [2.24, 2.45) is 5.14 Å². The summed E-state index contributed by atoms with van der Waals surface area (Å²) in [5, 5.41) is 7.08. The maximum Gasteiger partial charge on any atom is 0.255 e. The molecule has 0 fully saturated rings. The normalized spacial score (nSPS) is 11.4. The molecule has 0 aliphatic heterocycles. The second-order valence-electron chi connectivity index (χ2n) is 4.59. The van der Waals surface area contributed by atoms with E-state index in [1.165, 1.54) is 18.2 Å². The van der Waals surface area contributed by atoms with E-state index < -0.39 is 10.0 Å². The summed E-state index contributed by atoms with van der Waals surface area (Å²) in [5.41, 5.74) is 0.282. The van der Waals surface area contributed by atoms with Crippen molar-refractivity contribution in [3.63, 3.8) is 0 Å². The molecule has 0 bridgehead atoms. The van der Waals surface area contributed by atoms with Crippen LogP contribution in [0.2, 0.25) is 0 Å². The van der Waals surface area contributed by atoms with E-state index in [0.717, 1.165) is 4.88 Å². The van der Waals surface area contributed by atoms with Crippen molar-refractivity contribution >= 4 is 43.2 Å². The van der Waals surface area contributed by atoms with Gasteiger partial charge in [-0.15, -0.1) is 11.3 Å². The van der Waals surface area contributed by atoms with E-state index in [1.807, 2.05) is 24.4 Å². The first-order chi connectivity index (χ1) is 10.3. The van der Waals surface area contributed by atoms with E-state index in [-0.39, 0.29) is 16.4 Å². The third-order valence-electron chi connectivity index (χ3n) is 3.09. The third kappa shape index (κ3) is 3.95. The summed E-state index contributed by atoms with van der Waals surface area (Å²) < 4.78 is 23.4. The molecule has 118 valence electrons. The van der Waals surface area contributed by atoms with Gasteiger partial charge in [-0.05, 0) is 52.5 Å². The number of nitrogens with two attached hydrogens (primary N) is 1. The molecule has 1 amide bonds. The number of benzene rings is 1. The fraction of sp³-hybridized carbons (Fsp3) is 0.214. The van der Waals surface area contributed by atoms with Gasteiger partial charge in [0.15, 0.2) is 0 Å². The van der Waals surface area contributed by atoms with Gasteiger partial charge < -0.3 is 4.90 Å². The molecule has 0 aliphatic carbocycles. The van der Waals surface area contributed by atoms with Gasteiger partial charge in [0.1, 0.15) is 0 Å². The van der Waals surface area contributed by atoms with Crippen molar-refractivity contribution in [3.8, 4) is 0 Å². The van der Waals surface area contributed by atoms with Gasteiger partial charge in [-0.3, -0.25) is 4.79 Å². The molecule has 0 saturated carbocycles.